The maximum Gasteiger partial charge on any atom is 0.242 e. The van der Waals surface area contributed by atoms with Gasteiger partial charge in [-0.05, 0) is 51.3 Å². The van der Waals surface area contributed by atoms with E-state index in [9.17, 15) is 9.59 Å². The lowest BCUT2D eigenvalue weighted by molar-refractivity contribution is -0.141. The van der Waals surface area contributed by atoms with Gasteiger partial charge in [0.25, 0.3) is 0 Å². The molecule has 0 saturated heterocycles. The van der Waals surface area contributed by atoms with E-state index in [0.29, 0.717) is 24.4 Å². The summed E-state index contributed by atoms with van der Waals surface area (Å²) >= 11 is 6.21. The summed E-state index contributed by atoms with van der Waals surface area (Å²) in [5.74, 6) is -0.227. The van der Waals surface area contributed by atoms with E-state index in [2.05, 4.69) is 5.32 Å². The molecule has 0 aliphatic heterocycles. The second kappa shape index (κ2) is 9.74. The van der Waals surface area contributed by atoms with E-state index in [1.54, 1.807) is 11.8 Å². The SMILES string of the molecule is CC(C(=O)NC(C)(C)C)N(Cc1ccccc1)C(=O)CCc1ccccc1Cl. The fraction of sp³-hybridized carbons (Fsp3) is 0.391. The average molecular weight is 401 g/mol. The van der Waals surface area contributed by atoms with Gasteiger partial charge in [0, 0.05) is 23.5 Å². The zero-order chi connectivity index (χ0) is 20.7. The van der Waals surface area contributed by atoms with Gasteiger partial charge in [-0.2, -0.15) is 0 Å². The molecule has 0 radical (unpaired) electrons. The molecule has 2 aromatic carbocycles. The summed E-state index contributed by atoms with van der Waals surface area (Å²) in [6, 6.07) is 16.7. The molecular formula is C23H29ClN2O2. The predicted octanol–water partition coefficient (Wildman–Crippen LogP) is 4.60. The Hall–Kier alpha value is -2.33. The zero-order valence-electron chi connectivity index (χ0n) is 17.0. The number of nitrogens with zero attached hydrogens (tertiary/aromatic N) is 1. The van der Waals surface area contributed by atoms with E-state index in [0.717, 1.165) is 11.1 Å². The van der Waals surface area contributed by atoms with Crippen molar-refractivity contribution in [3.8, 4) is 0 Å². The van der Waals surface area contributed by atoms with Gasteiger partial charge in [-0.1, -0.05) is 60.1 Å². The van der Waals surface area contributed by atoms with Crippen LogP contribution in [-0.4, -0.2) is 28.3 Å². The molecule has 0 aliphatic carbocycles. The van der Waals surface area contributed by atoms with Gasteiger partial charge in [-0.3, -0.25) is 9.59 Å². The van der Waals surface area contributed by atoms with Crippen LogP contribution >= 0.6 is 11.6 Å². The highest BCUT2D eigenvalue weighted by Gasteiger charge is 2.28. The van der Waals surface area contributed by atoms with Gasteiger partial charge in [0.05, 0.1) is 0 Å². The van der Waals surface area contributed by atoms with Crippen molar-refractivity contribution in [2.45, 2.75) is 58.7 Å². The first-order chi connectivity index (χ1) is 13.2. The molecule has 150 valence electrons. The van der Waals surface area contributed by atoms with Crippen LogP contribution < -0.4 is 5.32 Å². The molecule has 5 heteroatoms. The molecule has 0 spiro atoms. The summed E-state index contributed by atoms with van der Waals surface area (Å²) < 4.78 is 0. The van der Waals surface area contributed by atoms with Crippen molar-refractivity contribution < 1.29 is 9.59 Å². The van der Waals surface area contributed by atoms with Crippen LogP contribution in [0.2, 0.25) is 5.02 Å². The molecule has 1 atom stereocenters. The van der Waals surface area contributed by atoms with Gasteiger partial charge in [0.1, 0.15) is 6.04 Å². The van der Waals surface area contributed by atoms with Crippen molar-refractivity contribution >= 4 is 23.4 Å². The molecule has 2 aromatic rings. The standard InChI is InChI=1S/C23H29ClN2O2/c1-17(22(28)25-23(2,3)4)26(16-18-10-6-5-7-11-18)21(27)15-14-19-12-8-9-13-20(19)24/h5-13,17H,14-16H2,1-4H3,(H,25,28). The Balaban J connectivity index is 2.15. The molecule has 0 saturated carbocycles. The fourth-order valence-electron chi connectivity index (χ4n) is 2.92. The van der Waals surface area contributed by atoms with E-state index in [1.807, 2.05) is 75.4 Å². The number of halogens is 1. The first-order valence-corrected chi connectivity index (χ1v) is 9.94. The van der Waals surface area contributed by atoms with E-state index in [-0.39, 0.29) is 17.4 Å². The summed E-state index contributed by atoms with van der Waals surface area (Å²) in [5.41, 5.74) is 1.57. The van der Waals surface area contributed by atoms with Gasteiger partial charge in [-0.25, -0.2) is 0 Å². The van der Waals surface area contributed by atoms with Crippen molar-refractivity contribution in [1.82, 2.24) is 10.2 Å². The van der Waals surface area contributed by atoms with Crippen molar-refractivity contribution in [1.29, 1.82) is 0 Å². The molecule has 1 N–H and O–H groups in total. The second-order valence-corrected chi connectivity index (χ2v) is 8.42. The Morgan fingerprint density at radius 3 is 2.25 bits per heavy atom. The van der Waals surface area contributed by atoms with Crippen molar-refractivity contribution in [3.63, 3.8) is 0 Å². The van der Waals surface area contributed by atoms with Crippen LogP contribution in [0.1, 0.15) is 45.2 Å². The molecule has 2 rings (SSSR count). The molecular weight excluding hydrogens is 372 g/mol. The van der Waals surface area contributed by atoms with Crippen molar-refractivity contribution in [3.05, 3.63) is 70.7 Å². The lowest BCUT2D eigenvalue weighted by Crippen LogP contribution is -2.52. The summed E-state index contributed by atoms with van der Waals surface area (Å²) in [6.45, 7) is 7.95. The first kappa shape index (κ1) is 22.0. The van der Waals surface area contributed by atoms with Gasteiger partial charge in [0.15, 0.2) is 0 Å². The number of hydrogen-bond acceptors (Lipinski definition) is 2. The number of hydrogen-bond donors (Lipinski definition) is 1. The zero-order valence-corrected chi connectivity index (χ0v) is 17.8. The van der Waals surface area contributed by atoms with Gasteiger partial charge >= 0.3 is 0 Å². The minimum atomic E-state index is -0.571. The van der Waals surface area contributed by atoms with E-state index < -0.39 is 6.04 Å². The lowest BCUT2D eigenvalue weighted by Gasteiger charge is -2.31. The number of benzene rings is 2. The Morgan fingerprint density at radius 1 is 1.04 bits per heavy atom. The number of amides is 2. The molecule has 0 heterocycles. The lowest BCUT2D eigenvalue weighted by atomic mass is 10.1. The third kappa shape index (κ3) is 6.68. The Bertz CT molecular complexity index is 800. The maximum absolute atomic E-state index is 13.0. The summed E-state index contributed by atoms with van der Waals surface area (Å²) in [7, 11) is 0. The second-order valence-electron chi connectivity index (χ2n) is 8.01. The van der Waals surface area contributed by atoms with Crippen LogP contribution in [-0.2, 0) is 22.6 Å². The molecule has 4 nitrogen and oxygen atoms in total. The van der Waals surface area contributed by atoms with Crippen LogP contribution in [0.15, 0.2) is 54.6 Å². The van der Waals surface area contributed by atoms with Crippen LogP contribution in [0.3, 0.4) is 0 Å². The average Bonchev–Trinajstić information content (AvgIpc) is 2.64. The quantitative estimate of drug-likeness (QED) is 0.738. The minimum Gasteiger partial charge on any atom is -0.350 e. The third-order valence-corrected chi connectivity index (χ3v) is 4.80. The number of nitrogens with one attached hydrogen (secondary N) is 1. The Morgan fingerprint density at radius 2 is 1.64 bits per heavy atom. The number of carbonyl (C=O) groups excluding carboxylic acids is 2. The monoisotopic (exact) mass is 400 g/mol. The number of carbonyl (C=O) groups is 2. The molecule has 28 heavy (non-hydrogen) atoms. The number of aryl methyl sites for hydroxylation is 1. The largest absolute Gasteiger partial charge is 0.350 e. The normalized spacial score (nSPS) is 12.3. The van der Waals surface area contributed by atoms with E-state index in [4.69, 9.17) is 11.6 Å². The predicted molar refractivity (Wildman–Crippen MR) is 114 cm³/mol. The highest BCUT2D eigenvalue weighted by atomic mass is 35.5. The van der Waals surface area contributed by atoms with Crippen LogP contribution in [0.25, 0.3) is 0 Å². The third-order valence-electron chi connectivity index (χ3n) is 4.43. The summed E-state index contributed by atoms with van der Waals surface area (Å²) in [6.07, 6.45) is 0.834. The summed E-state index contributed by atoms with van der Waals surface area (Å²) in [5, 5.41) is 3.62. The molecule has 0 aromatic heterocycles. The van der Waals surface area contributed by atoms with Crippen LogP contribution in [0, 0.1) is 0 Å². The minimum absolute atomic E-state index is 0.0691. The Kier molecular flexibility index (Phi) is 7.64. The topological polar surface area (TPSA) is 49.4 Å². The Labute approximate surface area is 172 Å². The van der Waals surface area contributed by atoms with Gasteiger partial charge in [-0.15, -0.1) is 0 Å². The highest BCUT2D eigenvalue weighted by molar-refractivity contribution is 6.31. The molecule has 0 bridgehead atoms. The molecule has 2 amide bonds. The smallest absolute Gasteiger partial charge is 0.242 e. The molecule has 0 fully saturated rings. The van der Waals surface area contributed by atoms with Gasteiger partial charge < -0.3 is 10.2 Å². The van der Waals surface area contributed by atoms with Crippen LogP contribution in [0.5, 0.6) is 0 Å². The van der Waals surface area contributed by atoms with Crippen molar-refractivity contribution in [2.24, 2.45) is 0 Å². The first-order valence-electron chi connectivity index (χ1n) is 9.56. The van der Waals surface area contributed by atoms with Gasteiger partial charge in [0.2, 0.25) is 11.8 Å². The molecule has 1 unspecified atom stereocenters. The fourth-order valence-corrected chi connectivity index (χ4v) is 3.15. The van der Waals surface area contributed by atoms with Crippen LogP contribution in [0.4, 0.5) is 0 Å². The highest BCUT2D eigenvalue weighted by Crippen LogP contribution is 2.18. The number of rotatable bonds is 7. The van der Waals surface area contributed by atoms with E-state index in [1.165, 1.54) is 0 Å². The maximum atomic E-state index is 13.0. The summed E-state index contributed by atoms with van der Waals surface area (Å²) in [4.78, 5) is 27.4. The van der Waals surface area contributed by atoms with Crippen molar-refractivity contribution in [2.75, 3.05) is 0 Å². The van der Waals surface area contributed by atoms with E-state index >= 15 is 0 Å². The molecule has 0 aliphatic rings.